The lowest BCUT2D eigenvalue weighted by molar-refractivity contribution is -0.113. The molecule has 0 bridgehead atoms. The Morgan fingerprint density at radius 2 is 2.33 bits per heavy atom. The molecular weight excluding hydrogens is 422 g/mol. The van der Waals surface area contributed by atoms with Gasteiger partial charge in [-0.15, -0.1) is 0 Å². The molecule has 1 saturated heterocycles. The van der Waals surface area contributed by atoms with Gasteiger partial charge in [-0.05, 0) is 50.5 Å². The number of aromatic amines is 1. The molecule has 1 amide bonds. The molecule has 1 aliphatic rings. The second-order valence-corrected chi connectivity index (χ2v) is 8.73. The number of nitriles is 1. The zero-order valence-corrected chi connectivity index (χ0v) is 18.4. The number of aromatic nitrogens is 3. The highest BCUT2D eigenvalue weighted by Gasteiger charge is 2.24. The highest BCUT2D eigenvalue weighted by Crippen LogP contribution is 2.29. The molecule has 4 rings (SSSR count). The molecule has 0 saturated carbocycles. The van der Waals surface area contributed by atoms with Crippen LogP contribution in [0, 0.1) is 25.2 Å². The van der Waals surface area contributed by atoms with Gasteiger partial charge in [0.05, 0.1) is 35.0 Å². The largest absolute Gasteiger partial charge is 0.376 e. The van der Waals surface area contributed by atoms with Gasteiger partial charge in [0, 0.05) is 17.3 Å². The summed E-state index contributed by atoms with van der Waals surface area (Å²) in [7, 11) is 0. The second-order valence-electron chi connectivity index (χ2n) is 7.33. The maximum atomic E-state index is 12.7. The molecule has 3 aromatic rings. The molecule has 0 unspecified atom stereocenters. The number of amides is 1. The Bertz CT molecular complexity index is 1140. The molecule has 2 aromatic heterocycles. The van der Waals surface area contributed by atoms with Crippen LogP contribution in [0.3, 0.4) is 0 Å². The van der Waals surface area contributed by atoms with Crippen LogP contribution in [0.1, 0.15) is 29.7 Å². The summed E-state index contributed by atoms with van der Waals surface area (Å²) < 4.78 is 7.75. The van der Waals surface area contributed by atoms with E-state index < -0.39 is 0 Å². The molecule has 1 aliphatic heterocycles. The molecule has 1 fully saturated rings. The Labute approximate surface area is 183 Å². The lowest BCUT2D eigenvalue weighted by Gasteiger charge is -2.16. The number of fused-ring (bicyclic) bond motifs is 1. The first-order chi connectivity index (χ1) is 14.5. The van der Waals surface area contributed by atoms with Crippen molar-refractivity contribution in [2.45, 2.75) is 44.5 Å². The fraction of sp³-hybridized carbons (Fsp3) is 0.381. The first-order valence-electron chi connectivity index (χ1n) is 9.75. The predicted molar refractivity (Wildman–Crippen MR) is 118 cm³/mol. The van der Waals surface area contributed by atoms with Crippen molar-refractivity contribution in [2.24, 2.45) is 0 Å². The van der Waals surface area contributed by atoms with Gasteiger partial charge >= 0.3 is 0 Å². The molecule has 7 nitrogen and oxygen atoms in total. The van der Waals surface area contributed by atoms with E-state index in [9.17, 15) is 10.1 Å². The molecule has 0 radical (unpaired) electrons. The predicted octanol–water partition coefficient (Wildman–Crippen LogP) is 4.42. The van der Waals surface area contributed by atoms with Crippen LogP contribution in [0.2, 0.25) is 5.02 Å². The topological polar surface area (TPSA) is 95.7 Å². The summed E-state index contributed by atoms with van der Waals surface area (Å²) in [6, 6.07) is 7.65. The van der Waals surface area contributed by atoms with E-state index in [0.717, 1.165) is 41.7 Å². The Morgan fingerprint density at radius 3 is 3.07 bits per heavy atom. The Balaban J connectivity index is 1.48. The number of rotatable bonds is 6. The normalized spacial score (nSPS) is 16.1. The van der Waals surface area contributed by atoms with Gasteiger partial charge in [0.2, 0.25) is 5.91 Å². The van der Waals surface area contributed by atoms with Gasteiger partial charge in [0.1, 0.15) is 11.9 Å². The average Bonchev–Trinajstić information content (AvgIpc) is 3.42. The molecule has 1 atom stereocenters. The van der Waals surface area contributed by atoms with Crippen molar-refractivity contribution in [1.29, 1.82) is 5.26 Å². The minimum atomic E-state index is -0.193. The van der Waals surface area contributed by atoms with Crippen LogP contribution < -0.4 is 5.32 Å². The number of carbonyl (C=O) groups excluding carboxylic acids is 1. The lowest BCUT2D eigenvalue weighted by Crippen LogP contribution is -2.22. The number of imidazole rings is 1. The summed E-state index contributed by atoms with van der Waals surface area (Å²) in [5, 5.41) is 13.9. The second kappa shape index (κ2) is 8.72. The number of ether oxygens (including phenoxy) is 1. The number of thioether (sulfide) groups is 1. The molecule has 156 valence electrons. The van der Waals surface area contributed by atoms with Gasteiger partial charge in [-0.2, -0.15) is 5.26 Å². The molecular formula is C21H22ClN5O2S. The number of benzene rings is 1. The SMILES string of the molecule is Cc1c(C#N)c(NC(=O)CSc2nc3ccc(Cl)cc3[nH]2)n(C[C@H]2CCCO2)c1C. The number of H-pyrrole nitrogens is 1. The fourth-order valence-electron chi connectivity index (χ4n) is 3.68. The van der Waals surface area contributed by atoms with Crippen LogP contribution in [0.5, 0.6) is 0 Å². The van der Waals surface area contributed by atoms with Crippen LogP contribution in [-0.4, -0.2) is 38.9 Å². The van der Waals surface area contributed by atoms with Crippen molar-refractivity contribution >= 4 is 46.1 Å². The highest BCUT2D eigenvalue weighted by atomic mass is 35.5. The fourth-order valence-corrected chi connectivity index (χ4v) is 4.54. The summed E-state index contributed by atoms with van der Waals surface area (Å²) in [6.45, 7) is 5.26. The molecule has 9 heteroatoms. The van der Waals surface area contributed by atoms with Crippen LogP contribution >= 0.6 is 23.4 Å². The standard InChI is InChI=1S/C21H22ClN5O2S/c1-12-13(2)27(10-15-4-3-7-29-15)20(16(12)9-23)26-19(28)11-30-21-24-17-6-5-14(22)8-18(17)25-21/h5-6,8,15H,3-4,7,10-11H2,1-2H3,(H,24,25)(H,26,28)/t15-/m1/s1. The average molecular weight is 444 g/mol. The Hall–Kier alpha value is -2.47. The van der Waals surface area contributed by atoms with Gasteiger partial charge in [-0.25, -0.2) is 4.98 Å². The summed E-state index contributed by atoms with van der Waals surface area (Å²) in [6.07, 6.45) is 2.13. The van der Waals surface area contributed by atoms with Crippen molar-refractivity contribution in [3.05, 3.63) is 40.0 Å². The number of carbonyl (C=O) groups is 1. The minimum absolute atomic E-state index is 0.106. The first kappa shape index (κ1) is 20.8. The quantitative estimate of drug-likeness (QED) is 0.550. The molecule has 30 heavy (non-hydrogen) atoms. The monoisotopic (exact) mass is 443 g/mol. The number of hydrogen-bond donors (Lipinski definition) is 2. The van der Waals surface area contributed by atoms with Crippen molar-refractivity contribution in [1.82, 2.24) is 14.5 Å². The molecule has 3 heterocycles. The van der Waals surface area contributed by atoms with Gasteiger partial charge in [0.25, 0.3) is 0 Å². The van der Waals surface area contributed by atoms with E-state index >= 15 is 0 Å². The zero-order valence-electron chi connectivity index (χ0n) is 16.8. The van der Waals surface area contributed by atoms with Crippen LogP contribution in [0.15, 0.2) is 23.4 Å². The van der Waals surface area contributed by atoms with E-state index in [0.29, 0.717) is 28.1 Å². The van der Waals surface area contributed by atoms with E-state index in [-0.39, 0.29) is 17.8 Å². The lowest BCUT2D eigenvalue weighted by atomic mass is 10.2. The van der Waals surface area contributed by atoms with E-state index in [1.807, 2.05) is 24.5 Å². The van der Waals surface area contributed by atoms with E-state index in [2.05, 4.69) is 21.4 Å². The molecule has 1 aromatic carbocycles. The van der Waals surface area contributed by atoms with E-state index in [1.54, 1.807) is 12.1 Å². The summed E-state index contributed by atoms with van der Waals surface area (Å²) in [4.78, 5) is 20.3. The van der Waals surface area contributed by atoms with Crippen LogP contribution in [0.4, 0.5) is 5.82 Å². The third-order valence-electron chi connectivity index (χ3n) is 5.37. The molecule has 0 aliphatic carbocycles. The minimum Gasteiger partial charge on any atom is -0.376 e. The highest BCUT2D eigenvalue weighted by molar-refractivity contribution is 7.99. The first-order valence-corrected chi connectivity index (χ1v) is 11.1. The Morgan fingerprint density at radius 1 is 1.50 bits per heavy atom. The van der Waals surface area contributed by atoms with Crippen molar-refractivity contribution in [3.8, 4) is 6.07 Å². The number of halogens is 1. The Kier molecular flexibility index (Phi) is 6.04. The van der Waals surface area contributed by atoms with E-state index in [4.69, 9.17) is 16.3 Å². The molecule has 0 spiro atoms. The maximum Gasteiger partial charge on any atom is 0.235 e. The van der Waals surface area contributed by atoms with Gasteiger partial charge in [-0.3, -0.25) is 4.79 Å². The summed E-state index contributed by atoms with van der Waals surface area (Å²) >= 11 is 7.31. The smallest absolute Gasteiger partial charge is 0.235 e. The zero-order chi connectivity index (χ0) is 21.3. The van der Waals surface area contributed by atoms with E-state index in [1.165, 1.54) is 11.8 Å². The maximum absolute atomic E-state index is 12.7. The number of anilines is 1. The molecule has 2 N–H and O–H groups in total. The van der Waals surface area contributed by atoms with Crippen molar-refractivity contribution < 1.29 is 9.53 Å². The van der Waals surface area contributed by atoms with Crippen molar-refractivity contribution in [3.63, 3.8) is 0 Å². The summed E-state index contributed by atoms with van der Waals surface area (Å²) in [5.74, 6) is 0.521. The third kappa shape index (κ3) is 4.19. The number of hydrogen-bond acceptors (Lipinski definition) is 5. The van der Waals surface area contributed by atoms with Crippen LogP contribution in [-0.2, 0) is 16.1 Å². The van der Waals surface area contributed by atoms with Gasteiger partial charge in [0.15, 0.2) is 5.16 Å². The van der Waals surface area contributed by atoms with Crippen molar-refractivity contribution in [2.75, 3.05) is 17.7 Å². The number of nitrogens with one attached hydrogen (secondary N) is 2. The van der Waals surface area contributed by atoms with Crippen LogP contribution in [0.25, 0.3) is 11.0 Å². The van der Waals surface area contributed by atoms with Gasteiger partial charge < -0.3 is 19.6 Å². The summed E-state index contributed by atoms with van der Waals surface area (Å²) in [5.41, 5.74) is 3.98. The van der Waals surface area contributed by atoms with Gasteiger partial charge in [-0.1, -0.05) is 23.4 Å². The third-order valence-corrected chi connectivity index (χ3v) is 6.48. The number of nitrogens with zero attached hydrogens (tertiary/aromatic N) is 3.